The van der Waals surface area contributed by atoms with Crippen molar-refractivity contribution in [2.24, 2.45) is 0 Å². The Labute approximate surface area is 231 Å². The summed E-state index contributed by atoms with van der Waals surface area (Å²) in [5.74, 6) is 0.861. The van der Waals surface area contributed by atoms with E-state index in [1.807, 2.05) is 31.2 Å². The maximum absolute atomic E-state index is 12.3. The first kappa shape index (κ1) is 31.5. The molecule has 0 unspecified atom stereocenters. The van der Waals surface area contributed by atoms with Gasteiger partial charge in [-0.25, -0.2) is 0 Å². The van der Waals surface area contributed by atoms with E-state index in [0.29, 0.717) is 0 Å². The third-order valence-electron chi connectivity index (χ3n) is 7.06. The summed E-state index contributed by atoms with van der Waals surface area (Å²) in [6.45, 7) is 4.89. The number of hydrogen-bond acceptors (Lipinski definition) is 3. The van der Waals surface area contributed by atoms with Gasteiger partial charge >= 0.3 is 0 Å². The van der Waals surface area contributed by atoms with Gasteiger partial charge in [-0.15, -0.1) is 0 Å². The molecule has 38 heavy (non-hydrogen) atoms. The lowest BCUT2D eigenvalue weighted by Gasteiger charge is -2.08. The summed E-state index contributed by atoms with van der Waals surface area (Å²) in [4.78, 5) is 12.3. The first-order valence-electron chi connectivity index (χ1n) is 15.1. The zero-order chi connectivity index (χ0) is 27.3. The largest absolute Gasteiger partial charge is 0.508 e. The molecule has 4 heteroatoms. The molecule has 2 aromatic carbocycles. The molecular formula is C34H51NO3. The highest BCUT2D eigenvalue weighted by molar-refractivity contribution is 6.03. The third kappa shape index (κ3) is 14.9. The van der Waals surface area contributed by atoms with Crippen LogP contribution in [-0.2, 0) is 4.79 Å². The third-order valence-corrected chi connectivity index (χ3v) is 7.06. The number of rotatable bonds is 21. The topological polar surface area (TPSA) is 58.6 Å². The minimum atomic E-state index is -0.183. The van der Waals surface area contributed by atoms with Gasteiger partial charge in [0.2, 0.25) is 5.91 Å². The van der Waals surface area contributed by atoms with Gasteiger partial charge in [-0.2, -0.15) is 0 Å². The molecule has 0 aliphatic rings. The Morgan fingerprint density at radius 2 is 1.18 bits per heavy atom. The molecule has 0 aliphatic heterocycles. The van der Waals surface area contributed by atoms with E-state index in [1.54, 1.807) is 30.3 Å². The van der Waals surface area contributed by atoms with E-state index in [9.17, 15) is 9.90 Å². The van der Waals surface area contributed by atoms with Crippen LogP contribution in [0.15, 0.2) is 54.6 Å². The fraction of sp³-hybridized carbons (Fsp3) is 0.559. The molecule has 0 heterocycles. The van der Waals surface area contributed by atoms with Gasteiger partial charge in [-0.1, -0.05) is 115 Å². The summed E-state index contributed by atoms with van der Waals surface area (Å²) in [6, 6.07) is 14.3. The standard InChI is InChI=1S/C34H51NO3/c1-3-4-5-6-7-8-9-10-11-12-13-14-15-16-17-18-27-38-33-25-21-31(22-26-33)35-34(37)28-29(2)30-19-23-32(36)24-20-30/h19-26,28,36H,3-18,27H2,1-2H3,(H,35,37). The summed E-state index contributed by atoms with van der Waals surface area (Å²) in [5, 5.41) is 12.3. The second kappa shape index (κ2) is 20.2. The Morgan fingerprint density at radius 3 is 1.68 bits per heavy atom. The number of unbranched alkanes of at least 4 members (excludes halogenated alkanes) is 15. The Bertz CT molecular complexity index is 902. The highest BCUT2D eigenvalue weighted by Gasteiger charge is 2.03. The van der Waals surface area contributed by atoms with E-state index < -0.39 is 0 Å². The summed E-state index contributed by atoms with van der Waals surface area (Å²) in [6.07, 6.45) is 23.4. The van der Waals surface area contributed by atoms with Crippen molar-refractivity contribution in [3.8, 4) is 11.5 Å². The molecule has 0 saturated carbocycles. The number of amides is 1. The molecule has 0 radical (unpaired) electrons. The first-order chi connectivity index (χ1) is 18.6. The molecule has 4 nitrogen and oxygen atoms in total. The second-order valence-corrected chi connectivity index (χ2v) is 10.5. The Morgan fingerprint density at radius 1 is 0.711 bits per heavy atom. The van der Waals surface area contributed by atoms with Crippen LogP contribution < -0.4 is 10.1 Å². The summed E-state index contributed by atoms with van der Waals surface area (Å²) in [7, 11) is 0. The predicted molar refractivity (Wildman–Crippen MR) is 162 cm³/mol. The van der Waals surface area contributed by atoms with Gasteiger partial charge in [0.05, 0.1) is 6.61 Å². The van der Waals surface area contributed by atoms with E-state index in [1.165, 1.54) is 96.3 Å². The molecule has 0 fully saturated rings. The Balaban J connectivity index is 1.45. The highest BCUT2D eigenvalue weighted by atomic mass is 16.5. The molecule has 1 amide bonds. The Kier molecular flexibility index (Phi) is 16.8. The maximum atomic E-state index is 12.3. The zero-order valence-corrected chi connectivity index (χ0v) is 24.0. The number of phenolic OH excluding ortho intramolecular Hbond substituents is 1. The number of carbonyl (C=O) groups excluding carboxylic acids is 1. The van der Waals surface area contributed by atoms with Gasteiger partial charge < -0.3 is 15.2 Å². The molecule has 2 rings (SSSR count). The average Bonchev–Trinajstić information content (AvgIpc) is 2.91. The van der Waals surface area contributed by atoms with E-state index in [4.69, 9.17) is 4.74 Å². The van der Waals surface area contributed by atoms with Gasteiger partial charge in [0, 0.05) is 11.8 Å². The average molecular weight is 522 g/mol. The highest BCUT2D eigenvalue weighted by Crippen LogP contribution is 2.19. The van der Waals surface area contributed by atoms with Crippen LogP contribution in [0.3, 0.4) is 0 Å². The van der Waals surface area contributed by atoms with Crippen LogP contribution in [0, 0.1) is 0 Å². The van der Waals surface area contributed by atoms with Crippen molar-refractivity contribution in [2.75, 3.05) is 11.9 Å². The van der Waals surface area contributed by atoms with Gasteiger partial charge in [-0.3, -0.25) is 4.79 Å². The van der Waals surface area contributed by atoms with Crippen molar-refractivity contribution in [3.63, 3.8) is 0 Å². The van der Waals surface area contributed by atoms with Crippen molar-refractivity contribution in [1.82, 2.24) is 0 Å². The van der Waals surface area contributed by atoms with Crippen LogP contribution in [0.4, 0.5) is 5.69 Å². The molecule has 0 aromatic heterocycles. The SMILES string of the molecule is CCCCCCCCCCCCCCCCCCOc1ccc(NC(=O)C=C(C)c2ccc(O)cc2)cc1. The smallest absolute Gasteiger partial charge is 0.248 e. The van der Waals surface area contributed by atoms with E-state index in [0.717, 1.165) is 35.6 Å². The van der Waals surface area contributed by atoms with Crippen molar-refractivity contribution in [1.29, 1.82) is 0 Å². The Hall–Kier alpha value is -2.75. The van der Waals surface area contributed by atoms with Crippen LogP contribution in [0.1, 0.15) is 122 Å². The van der Waals surface area contributed by atoms with Crippen LogP contribution >= 0.6 is 0 Å². The number of allylic oxidation sites excluding steroid dienone is 1. The van der Waals surface area contributed by atoms with Gasteiger partial charge in [0.15, 0.2) is 0 Å². The molecule has 0 atom stereocenters. The lowest BCUT2D eigenvalue weighted by Crippen LogP contribution is -2.08. The second-order valence-electron chi connectivity index (χ2n) is 10.5. The van der Waals surface area contributed by atoms with Gasteiger partial charge in [0.25, 0.3) is 0 Å². The summed E-state index contributed by atoms with van der Waals surface area (Å²) >= 11 is 0. The van der Waals surface area contributed by atoms with E-state index in [-0.39, 0.29) is 11.7 Å². The lowest BCUT2D eigenvalue weighted by atomic mass is 10.0. The monoisotopic (exact) mass is 521 g/mol. The molecular weight excluding hydrogens is 470 g/mol. The van der Waals surface area contributed by atoms with Crippen molar-refractivity contribution in [2.45, 2.75) is 117 Å². The van der Waals surface area contributed by atoms with E-state index in [2.05, 4.69) is 12.2 Å². The lowest BCUT2D eigenvalue weighted by molar-refractivity contribution is -0.111. The number of carbonyl (C=O) groups is 1. The summed E-state index contributed by atoms with van der Waals surface area (Å²) in [5.41, 5.74) is 2.47. The normalized spacial score (nSPS) is 11.5. The number of nitrogens with one attached hydrogen (secondary N) is 1. The van der Waals surface area contributed by atoms with Crippen molar-refractivity contribution in [3.05, 3.63) is 60.2 Å². The minimum Gasteiger partial charge on any atom is -0.508 e. The van der Waals surface area contributed by atoms with Crippen molar-refractivity contribution < 1.29 is 14.6 Å². The molecule has 0 saturated heterocycles. The fourth-order valence-electron chi connectivity index (χ4n) is 4.66. The molecule has 210 valence electrons. The number of aromatic hydroxyl groups is 1. The van der Waals surface area contributed by atoms with Crippen LogP contribution in [-0.4, -0.2) is 17.6 Å². The van der Waals surface area contributed by atoms with Gasteiger partial charge in [0.1, 0.15) is 11.5 Å². The number of benzene rings is 2. The maximum Gasteiger partial charge on any atom is 0.248 e. The van der Waals surface area contributed by atoms with Crippen LogP contribution in [0.25, 0.3) is 5.57 Å². The van der Waals surface area contributed by atoms with Gasteiger partial charge in [-0.05, 0) is 60.9 Å². The van der Waals surface area contributed by atoms with E-state index >= 15 is 0 Å². The zero-order valence-electron chi connectivity index (χ0n) is 24.0. The molecule has 2 aromatic rings. The number of ether oxygens (including phenoxy) is 1. The number of anilines is 1. The van der Waals surface area contributed by atoms with Crippen molar-refractivity contribution >= 4 is 17.2 Å². The molecule has 0 bridgehead atoms. The molecule has 2 N–H and O–H groups in total. The number of phenols is 1. The van der Waals surface area contributed by atoms with Crippen LogP contribution in [0.2, 0.25) is 0 Å². The summed E-state index contributed by atoms with van der Waals surface area (Å²) < 4.78 is 5.87. The predicted octanol–water partition coefficient (Wildman–Crippen LogP) is 10.1. The molecule has 0 aliphatic carbocycles. The molecule has 0 spiro atoms. The number of hydrogen-bond donors (Lipinski definition) is 2. The first-order valence-corrected chi connectivity index (χ1v) is 15.1. The fourth-order valence-corrected chi connectivity index (χ4v) is 4.66. The van der Waals surface area contributed by atoms with Crippen LogP contribution in [0.5, 0.6) is 11.5 Å². The minimum absolute atomic E-state index is 0.183. The quantitative estimate of drug-likeness (QED) is 0.127.